The van der Waals surface area contributed by atoms with Crippen molar-refractivity contribution < 1.29 is 23.5 Å². The van der Waals surface area contributed by atoms with Gasteiger partial charge in [-0.2, -0.15) is 0 Å². The number of carbonyl (C=O) groups is 2. The van der Waals surface area contributed by atoms with Gasteiger partial charge in [0.25, 0.3) is 11.8 Å². The number of nitrogens with one attached hydrogen (secondary N) is 2. The smallest absolute Gasteiger partial charge is 0.266 e. The van der Waals surface area contributed by atoms with E-state index in [1.165, 1.54) is 24.5 Å². The third-order valence-electron chi connectivity index (χ3n) is 4.43. The molecule has 2 N–H and O–H groups in total. The van der Waals surface area contributed by atoms with Crippen molar-refractivity contribution in [2.45, 2.75) is 19.6 Å². The van der Waals surface area contributed by atoms with Gasteiger partial charge in [0, 0.05) is 28.4 Å². The van der Waals surface area contributed by atoms with Gasteiger partial charge in [0.2, 0.25) is 0 Å². The number of benzene rings is 2. The van der Waals surface area contributed by atoms with Crippen molar-refractivity contribution in [3.8, 4) is 5.75 Å². The van der Waals surface area contributed by atoms with Crippen molar-refractivity contribution in [2.24, 2.45) is 0 Å². The molecule has 4 rings (SSSR count). The molecule has 1 atom stereocenters. The van der Waals surface area contributed by atoms with Crippen molar-refractivity contribution >= 4 is 44.6 Å². The molecule has 3 aromatic rings. The average molecular weight is 400 g/mol. The molecule has 0 saturated carbocycles. The van der Waals surface area contributed by atoms with Crippen molar-refractivity contribution in [1.29, 1.82) is 0 Å². The first-order valence-corrected chi connectivity index (χ1v) is 9.41. The summed E-state index contributed by atoms with van der Waals surface area (Å²) in [5.41, 5.74) is 1.49. The van der Waals surface area contributed by atoms with Gasteiger partial charge in [-0.1, -0.05) is 6.07 Å². The third-order valence-corrected chi connectivity index (χ3v) is 5.62. The SMILES string of the molecule is COCc1c(C(=O)Nc2ccc3c(c2)NC(=O)[C@H](C)O3)sc2cccc(F)c12. The summed E-state index contributed by atoms with van der Waals surface area (Å²) in [4.78, 5) is 25.0. The van der Waals surface area contributed by atoms with Gasteiger partial charge in [-0.15, -0.1) is 11.3 Å². The highest BCUT2D eigenvalue weighted by Crippen LogP contribution is 2.35. The Bertz CT molecular complexity index is 1100. The van der Waals surface area contributed by atoms with Crippen LogP contribution in [0.3, 0.4) is 0 Å². The molecule has 1 aliphatic heterocycles. The molecule has 0 unspecified atom stereocenters. The van der Waals surface area contributed by atoms with Crippen LogP contribution in [0.1, 0.15) is 22.2 Å². The van der Waals surface area contributed by atoms with E-state index in [4.69, 9.17) is 9.47 Å². The van der Waals surface area contributed by atoms with Gasteiger partial charge in [-0.25, -0.2) is 4.39 Å². The van der Waals surface area contributed by atoms with Gasteiger partial charge in [-0.3, -0.25) is 9.59 Å². The maximum atomic E-state index is 14.3. The van der Waals surface area contributed by atoms with E-state index in [1.807, 2.05) is 0 Å². The van der Waals surface area contributed by atoms with Crippen molar-refractivity contribution in [2.75, 3.05) is 17.7 Å². The Hall–Kier alpha value is -2.97. The van der Waals surface area contributed by atoms with Crippen LogP contribution < -0.4 is 15.4 Å². The number of thiophene rings is 1. The number of methoxy groups -OCH3 is 1. The molecular formula is C20H17FN2O4S. The highest BCUT2D eigenvalue weighted by atomic mass is 32.1. The van der Waals surface area contributed by atoms with Crippen molar-refractivity contribution in [3.63, 3.8) is 0 Å². The Balaban J connectivity index is 1.66. The lowest BCUT2D eigenvalue weighted by Gasteiger charge is -2.23. The Morgan fingerprint density at radius 3 is 2.96 bits per heavy atom. The number of carbonyl (C=O) groups excluding carboxylic acids is 2. The average Bonchev–Trinajstić information content (AvgIpc) is 3.03. The first-order valence-electron chi connectivity index (χ1n) is 8.59. The molecule has 6 nitrogen and oxygen atoms in total. The number of hydrogen-bond acceptors (Lipinski definition) is 5. The number of halogens is 1. The molecule has 0 fully saturated rings. The summed E-state index contributed by atoms with van der Waals surface area (Å²) in [7, 11) is 1.50. The van der Waals surface area contributed by atoms with Gasteiger partial charge in [0.05, 0.1) is 17.2 Å². The minimum Gasteiger partial charge on any atom is -0.479 e. The molecule has 2 aromatic carbocycles. The number of fused-ring (bicyclic) bond motifs is 2. The van der Waals surface area contributed by atoms with Crippen LogP contribution in [0.15, 0.2) is 36.4 Å². The summed E-state index contributed by atoms with van der Waals surface area (Å²) in [5.74, 6) is -0.473. The minimum absolute atomic E-state index is 0.121. The van der Waals surface area contributed by atoms with E-state index < -0.39 is 6.10 Å². The first kappa shape index (κ1) is 18.4. The predicted molar refractivity (Wildman–Crippen MR) is 106 cm³/mol. The summed E-state index contributed by atoms with van der Waals surface area (Å²) >= 11 is 1.21. The number of hydrogen-bond donors (Lipinski definition) is 2. The molecule has 28 heavy (non-hydrogen) atoms. The fourth-order valence-corrected chi connectivity index (χ4v) is 4.22. The standard InChI is InChI=1S/C20H17FN2O4S/c1-10-19(24)23-14-8-11(6-7-15(14)27-10)22-20(25)18-12(9-26-2)17-13(21)4-3-5-16(17)28-18/h3-8,10H,9H2,1-2H3,(H,22,25)(H,23,24)/t10-/m0/s1. The maximum Gasteiger partial charge on any atom is 0.266 e. The van der Waals surface area contributed by atoms with Crippen molar-refractivity contribution in [1.82, 2.24) is 0 Å². The van der Waals surface area contributed by atoms with Gasteiger partial charge in [-0.05, 0) is 37.3 Å². The van der Waals surface area contributed by atoms with Gasteiger partial charge < -0.3 is 20.1 Å². The lowest BCUT2D eigenvalue weighted by atomic mass is 10.1. The summed E-state index contributed by atoms with van der Waals surface area (Å²) in [6.45, 7) is 1.78. The van der Waals surface area contributed by atoms with E-state index >= 15 is 0 Å². The molecular weight excluding hydrogens is 383 g/mol. The zero-order chi connectivity index (χ0) is 19.8. The van der Waals surface area contributed by atoms with E-state index in [2.05, 4.69) is 10.6 Å². The van der Waals surface area contributed by atoms with Crippen LogP contribution in [0.25, 0.3) is 10.1 Å². The molecule has 2 amide bonds. The van der Waals surface area contributed by atoms with Gasteiger partial charge in [0.15, 0.2) is 6.10 Å². The zero-order valence-corrected chi connectivity index (χ0v) is 16.0. The number of amides is 2. The Morgan fingerprint density at radius 1 is 1.36 bits per heavy atom. The third kappa shape index (κ3) is 3.21. The van der Waals surface area contributed by atoms with Crippen LogP contribution in [-0.2, 0) is 16.1 Å². The van der Waals surface area contributed by atoms with E-state index in [1.54, 1.807) is 37.3 Å². The zero-order valence-electron chi connectivity index (χ0n) is 15.2. The van der Waals surface area contributed by atoms with E-state index in [0.717, 1.165) is 0 Å². The Kier molecular flexibility index (Phi) is 4.74. The van der Waals surface area contributed by atoms with Crippen LogP contribution in [-0.4, -0.2) is 25.0 Å². The monoisotopic (exact) mass is 400 g/mol. The van der Waals surface area contributed by atoms with E-state index in [-0.39, 0.29) is 24.2 Å². The quantitative estimate of drug-likeness (QED) is 0.690. The van der Waals surface area contributed by atoms with Crippen LogP contribution in [0.2, 0.25) is 0 Å². The summed E-state index contributed by atoms with van der Waals surface area (Å²) in [6.07, 6.45) is -0.571. The molecule has 144 valence electrons. The highest BCUT2D eigenvalue weighted by Gasteiger charge is 2.25. The lowest BCUT2D eigenvalue weighted by Crippen LogP contribution is -2.34. The Labute approximate surface area is 164 Å². The topological polar surface area (TPSA) is 76.7 Å². The molecule has 0 bridgehead atoms. The molecule has 0 spiro atoms. The molecule has 8 heteroatoms. The lowest BCUT2D eigenvalue weighted by molar-refractivity contribution is -0.122. The summed E-state index contributed by atoms with van der Waals surface area (Å²) < 4.78 is 25.7. The molecule has 1 aromatic heterocycles. The van der Waals surface area contributed by atoms with Crippen LogP contribution >= 0.6 is 11.3 Å². The van der Waals surface area contributed by atoms with Gasteiger partial charge in [0.1, 0.15) is 11.6 Å². The molecule has 1 aliphatic rings. The number of rotatable bonds is 4. The van der Waals surface area contributed by atoms with Crippen molar-refractivity contribution in [3.05, 3.63) is 52.7 Å². The fourth-order valence-electron chi connectivity index (χ4n) is 3.11. The fraction of sp³-hybridized carbons (Fsp3) is 0.200. The first-order chi connectivity index (χ1) is 13.5. The predicted octanol–water partition coefficient (Wildman–Crippen LogP) is 4.16. The minimum atomic E-state index is -0.571. The normalized spacial score (nSPS) is 15.7. The maximum absolute atomic E-state index is 14.3. The molecule has 0 radical (unpaired) electrons. The number of ether oxygens (including phenoxy) is 2. The number of anilines is 2. The second-order valence-electron chi connectivity index (χ2n) is 6.37. The van der Waals surface area contributed by atoms with Crippen LogP contribution in [0.5, 0.6) is 5.75 Å². The van der Waals surface area contributed by atoms with Gasteiger partial charge >= 0.3 is 0 Å². The molecule has 2 heterocycles. The molecule has 0 aliphatic carbocycles. The van der Waals surface area contributed by atoms with E-state index in [0.29, 0.717) is 37.7 Å². The van der Waals surface area contributed by atoms with Crippen LogP contribution in [0, 0.1) is 5.82 Å². The van der Waals surface area contributed by atoms with Crippen LogP contribution in [0.4, 0.5) is 15.8 Å². The highest BCUT2D eigenvalue weighted by molar-refractivity contribution is 7.21. The summed E-state index contributed by atoms with van der Waals surface area (Å²) in [6, 6.07) is 9.74. The Morgan fingerprint density at radius 2 is 2.18 bits per heavy atom. The van der Waals surface area contributed by atoms with E-state index in [9.17, 15) is 14.0 Å². The summed E-state index contributed by atoms with van der Waals surface area (Å²) in [5, 5.41) is 5.94. The second-order valence-corrected chi connectivity index (χ2v) is 7.42. The molecule has 0 saturated heterocycles. The second kappa shape index (κ2) is 7.21. The largest absolute Gasteiger partial charge is 0.479 e.